The van der Waals surface area contributed by atoms with Crippen molar-refractivity contribution in [2.24, 2.45) is 5.92 Å². The van der Waals surface area contributed by atoms with E-state index in [1.807, 2.05) is 6.07 Å². The Labute approximate surface area is 143 Å². The monoisotopic (exact) mass is 333 g/mol. The number of rotatable bonds is 7. The number of hydrogen-bond acceptors (Lipinski definition) is 4. The summed E-state index contributed by atoms with van der Waals surface area (Å²) < 4.78 is 0. The Balaban J connectivity index is 1.89. The molecule has 1 aromatic rings. The molecule has 0 aliphatic heterocycles. The molecule has 132 valence electrons. The van der Waals surface area contributed by atoms with Gasteiger partial charge < -0.3 is 21.1 Å². The van der Waals surface area contributed by atoms with Crippen molar-refractivity contribution in [2.75, 3.05) is 25.0 Å². The van der Waals surface area contributed by atoms with Crippen molar-refractivity contribution < 1.29 is 14.7 Å². The van der Waals surface area contributed by atoms with E-state index in [0.29, 0.717) is 17.2 Å². The Bertz CT molecular complexity index is 562. The number of benzene rings is 1. The highest BCUT2D eigenvalue weighted by atomic mass is 16.3. The van der Waals surface area contributed by atoms with Gasteiger partial charge in [-0.15, -0.1) is 0 Å². The van der Waals surface area contributed by atoms with Crippen LogP contribution in [-0.4, -0.2) is 42.7 Å². The van der Waals surface area contributed by atoms with Crippen LogP contribution in [0, 0.1) is 5.92 Å². The molecule has 0 saturated heterocycles. The van der Waals surface area contributed by atoms with Gasteiger partial charge in [0, 0.05) is 18.3 Å². The zero-order chi connectivity index (χ0) is 17.4. The second-order valence-corrected chi connectivity index (χ2v) is 6.31. The number of nitrogens with one attached hydrogen (secondary N) is 3. The molecule has 0 aromatic heterocycles. The van der Waals surface area contributed by atoms with E-state index in [1.165, 1.54) is 6.42 Å². The molecule has 6 heteroatoms. The van der Waals surface area contributed by atoms with E-state index in [1.54, 1.807) is 18.2 Å². The highest BCUT2D eigenvalue weighted by Gasteiger charge is 2.22. The Morgan fingerprint density at radius 3 is 2.71 bits per heavy atom. The van der Waals surface area contributed by atoms with Gasteiger partial charge in [-0.3, -0.25) is 9.59 Å². The van der Waals surface area contributed by atoms with Crippen molar-refractivity contribution >= 4 is 17.5 Å². The van der Waals surface area contributed by atoms with Crippen molar-refractivity contribution in [3.63, 3.8) is 0 Å². The molecule has 1 aromatic carbocycles. The fourth-order valence-electron chi connectivity index (χ4n) is 3.06. The molecule has 0 bridgehead atoms. The quantitative estimate of drug-likeness (QED) is 0.609. The molecular weight excluding hydrogens is 306 g/mol. The SMILES string of the molecule is C[C@@H]1CCCC[C@@H]1NC(=O)CNc1ccccc1C(=O)NCCO. The van der Waals surface area contributed by atoms with E-state index >= 15 is 0 Å². The van der Waals surface area contributed by atoms with Crippen molar-refractivity contribution in [1.82, 2.24) is 10.6 Å². The molecule has 2 amide bonds. The van der Waals surface area contributed by atoms with Crippen LogP contribution in [0.25, 0.3) is 0 Å². The minimum Gasteiger partial charge on any atom is -0.395 e. The Hall–Kier alpha value is -2.08. The molecule has 1 aliphatic rings. The van der Waals surface area contributed by atoms with Crippen LogP contribution in [0.2, 0.25) is 0 Å². The maximum Gasteiger partial charge on any atom is 0.253 e. The first-order valence-corrected chi connectivity index (χ1v) is 8.63. The molecule has 4 N–H and O–H groups in total. The third-order valence-electron chi connectivity index (χ3n) is 4.47. The fraction of sp³-hybridized carbons (Fsp3) is 0.556. The lowest BCUT2D eigenvalue weighted by molar-refractivity contribution is -0.120. The van der Waals surface area contributed by atoms with E-state index in [0.717, 1.165) is 19.3 Å². The number of anilines is 1. The molecule has 0 radical (unpaired) electrons. The first kappa shape index (κ1) is 18.3. The van der Waals surface area contributed by atoms with Gasteiger partial charge in [-0.1, -0.05) is 31.9 Å². The van der Waals surface area contributed by atoms with Gasteiger partial charge in [0.1, 0.15) is 0 Å². The van der Waals surface area contributed by atoms with Gasteiger partial charge in [-0.25, -0.2) is 0 Å². The number of para-hydroxylation sites is 1. The number of hydrogen-bond donors (Lipinski definition) is 4. The van der Waals surface area contributed by atoms with Gasteiger partial charge in [-0.2, -0.15) is 0 Å². The number of carbonyl (C=O) groups is 2. The van der Waals surface area contributed by atoms with Gasteiger partial charge in [-0.05, 0) is 30.9 Å². The molecule has 0 unspecified atom stereocenters. The predicted octanol–water partition coefficient (Wildman–Crippen LogP) is 1.52. The first-order valence-electron chi connectivity index (χ1n) is 8.63. The maximum absolute atomic E-state index is 12.2. The minimum absolute atomic E-state index is 0.0562. The van der Waals surface area contributed by atoms with Crippen LogP contribution in [0.1, 0.15) is 43.0 Å². The molecule has 1 aliphatic carbocycles. The Kier molecular flexibility index (Phi) is 7.06. The van der Waals surface area contributed by atoms with Gasteiger partial charge in [0.2, 0.25) is 5.91 Å². The van der Waals surface area contributed by atoms with Crippen molar-refractivity contribution in [1.29, 1.82) is 0 Å². The summed E-state index contributed by atoms with van der Waals surface area (Å²) in [5.74, 6) is 0.187. The molecule has 24 heavy (non-hydrogen) atoms. The topological polar surface area (TPSA) is 90.5 Å². The molecule has 2 atom stereocenters. The average Bonchev–Trinajstić information content (AvgIpc) is 2.60. The Morgan fingerprint density at radius 1 is 1.21 bits per heavy atom. The molecule has 0 spiro atoms. The summed E-state index contributed by atoms with van der Waals surface area (Å²) in [6.45, 7) is 2.41. The van der Waals surface area contributed by atoms with Crippen LogP contribution in [0.15, 0.2) is 24.3 Å². The van der Waals surface area contributed by atoms with Gasteiger partial charge in [0.25, 0.3) is 5.91 Å². The van der Waals surface area contributed by atoms with Crippen LogP contribution in [0.5, 0.6) is 0 Å². The summed E-state index contributed by atoms with van der Waals surface area (Å²) in [5.41, 5.74) is 1.07. The second-order valence-electron chi connectivity index (χ2n) is 6.31. The normalized spacial score (nSPS) is 20.2. The highest BCUT2D eigenvalue weighted by molar-refractivity contribution is 6.00. The molecule has 2 rings (SSSR count). The van der Waals surface area contributed by atoms with Crippen LogP contribution in [0.4, 0.5) is 5.69 Å². The molecule has 0 heterocycles. The summed E-state index contributed by atoms with van der Waals surface area (Å²) in [5, 5.41) is 17.5. The standard InChI is InChI=1S/C18H27N3O3/c1-13-6-2-4-8-15(13)21-17(23)12-20-16-9-5-3-7-14(16)18(24)19-10-11-22/h3,5,7,9,13,15,20,22H,2,4,6,8,10-12H2,1H3,(H,19,24)(H,21,23)/t13-,15+/m1/s1. The fourth-order valence-corrected chi connectivity index (χ4v) is 3.06. The van der Waals surface area contributed by atoms with Crippen LogP contribution in [-0.2, 0) is 4.79 Å². The van der Waals surface area contributed by atoms with Crippen molar-refractivity contribution in [3.8, 4) is 0 Å². The van der Waals surface area contributed by atoms with Crippen LogP contribution in [0.3, 0.4) is 0 Å². The lowest BCUT2D eigenvalue weighted by Crippen LogP contribution is -2.43. The largest absolute Gasteiger partial charge is 0.395 e. The van der Waals surface area contributed by atoms with Gasteiger partial charge >= 0.3 is 0 Å². The van der Waals surface area contributed by atoms with E-state index in [4.69, 9.17) is 5.11 Å². The molecule has 1 fully saturated rings. The molecule has 6 nitrogen and oxygen atoms in total. The molecular formula is C18H27N3O3. The first-order chi connectivity index (χ1) is 11.6. The van der Waals surface area contributed by atoms with Crippen LogP contribution >= 0.6 is 0 Å². The Morgan fingerprint density at radius 2 is 1.96 bits per heavy atom. The molecule has 1 saturated carbocycles. The number of carbonyl (C=O) groups excluding carboxylic acids is 2. The maximum atomic E-state index is 12.2. The zero-order valence-electron chi connectivity index (χ0n) is 14.2. The van der Waals surface area contributed by atoms with Gasteiger partial charge in [0.15, 0.2) is 0 Å². The third kappa shape index (κ3) is 5.23. The zero-order valence-corrected chi connectivity index (χ0v) is 14.2. The smallest absolute Gasteiger partial charge is 0.253 e. The lowest BCUT2D eigenvalue weighted by Gasteiger charge is -2.29. The predicted molar refractivity (Wildman–Crippen MR) is 93.9 cm³/mol. The summed E-state index contributed by atoms with van der Waals surface area (Å²) in [6, 6.07) is 7.28. The lowest BCUT2D eigenvalue weighted by atomic mass is 9.86. The third-order valence-corrected chi connectivity index (χ3v) is 4.47. The summed E-state index contributed by atoms with van der Waals surface area (Å²) >= 11 is 0. The number of amides is 2. The van der Waals surface area contributed by atoms with E-state index < -0.39 is 0 Å². The van der Waals surface area contributed by atoms with Crippen molar-refractivity contribution in [3.05, 3.63) is 29.8 Å². The van der Waals surface area contributed by atoms with E-state index in [2.05, 4.69) is 22.9 Å². The van der Waals surface area contributed by atoms with E-state index in [-0.39, 0.29) is 37.6 Å². The minimum atomic E-state index is -0.270. The average molecular weight is 333 g/mol. The summed E-state index contributed by atoms with van der Waals surface area (Å²) in [4.78, 5) is 24.2. The van der Waals surface area contributed by atoms with E-state index in [9.17, 15) is 9.59 Å². The highest BCUT2D eigenvalue weighted by Crippen LogP contribution is 2.23. The second kappa shape index (κ2) is 9.27. The summed E-state index contributed by atoms with van der Waals surface area (Å²) in [7, 11) is 0. The number of aliphatic hydroxyl groups is 1. The number of aliphatic hydroxyl groups excluding tert-OH is 1. The summed E-state index contributed by atoms with van der Waals surface area (Å²) in [6.07, 6.45) is 4.60. The van der Waals surface area contributed by atoms with Crippen LogP contribution < -0.4 is 16.0 Å². The van der Waals surface area contributed by atoms with Crippen molar-refractivity contribution in [2.45, 2.75) is 38.6 Å². The van der Waals surface area contributed by atoms with Gasteiger partial charge in [0.05, 0.1) is 18.7 Å².